The molecule has 0 fully saturated rings. The fourth-order valence-corrected chi connectivity index (χ4v) is 3.70. The van der Waals surface area contributed by atoms with Crippen LogP contribution in [0.15, 0.2) is 72.9 Å². The zero-order chi connectivity index (χ0) is 22.5. The molecule has 32 heavy (non-hydrogen) atoms. The summed E-state index contributed by atoms with van der Waals surface area (Å²) in [5.41, 5.74) is 3.31. The number of ether oxygens (including phenoxy) is 2. The molecule has 0 bridgehead atoms. The fraction of sp³-hybridized carbons (Fsp3) is 0.185. The van der Waals surface area contributed by atoms with Crippen molar-refractivity contribution in [1.82, 2.24) is 9.78 Å². The summed E-state index contributed by atoms with van der Waals surface area (Å²) < 4.78 is 13.4. The van der Waals surface area contributed by atoms with Crippen LogP contribution in [-0.4, -0.2) is 22.7 Å². The number of rotatable bonds is 8. The van der Waals surface area contributed by atoms with Crippen LogP contribution in [0, 0.1) is 6.92 Å². The lowest BCUT2D eigenvalue weighted by Crippen LogP contribution is -2.02. The number of aromatic nitrogens is 2. The Hall–Kier alpha value is -3.86. The van der Waals surface area contributed by atoms with Gasteiger partial charge in [0.15, 0.2) is 5.78 Å². The highest BCUT2D eigenvalue weighted by Crippen LogP contribution is 2.25. The van der Waals surface area contributed by atoms with Gasteiger partial charge in [0, 0.05) is 17.8 Å². The Morgan fingerprint density at radius 2 is 1.88 bits per heavy atom. The molecule has 0 aliphatic carbocycles. The smallest absolute Gasteiger partial charge is 0.189 e. The van der Waals surface area contributed by atoms with Crippen LogP contribution in [-0.2, 0) is 13.2 Å². The molecule has 162 valence electrons. The summed E-state index contributed by atoms with van der Waals surface area (Å²) in [6.45, 7) is 5.01. The Balaban J connectivity index is 1.50. The first-order chi connectivity index (χ1) is 15.6. The molecule has 0 unspecified atom stereocenters. The van der Waals surface area contributed by atoms with Crippen LogP contribution in [0.2, 0.25) is 0 Å². The van der Waals surface area contributed by atoms with Crippen molar-refractivity contribution in [2.24, 2.45) is 0 Å². The minimum Gasteiger partial charge on any atom is -0.496 e. The number of carbonyl (C=O) groups excluding carboxylic acids is 1. The second kappa shape index (κ2) is 9.52. The van der Waals surface area contributed by atoms with Crippen molar-refractivity contribution in [2.45, 2.75) is 27.0 Å². The van der Waals surface area contributed by atoms with Crippen LogP contribution in [0.3, 0.4) is 0 Å². The number of allylic oxidation sites excluding steroid dienone is 1. The van der Waals surface area contributed by atoms with E-state index in [4.69, 9.17) is 9.47 Å². The van der Waals surface area contributed by atoms with Crippen molar-refractivity contribution in [1.29, 1.82) is 0 Å². The topological polar surface area (TPSA) is 53.4 Å². The zero-order valence-corrected chi connectivity index (χ0v) is 18.5. The van der Waals surface area contributed by atoms with Gasteiger partial charge >= 0.3 is 0 Å². The van der Waals surface area contributed by atoms with E-state index in [-0.39, 0.29) is 5.78 Å². The highest BCUT2D eigenvalue weighted by molar-refractivity contribution is 6.07. The third kappa shape index (κ3) is 4.57. The Bertz CT molecular complexity index is 1290. The molecule has 0 amide bonds. The first kappa shape index (κ1) is 21.4. The molecule has 1 aromatic heterocycles. The molecular formula is C27H26N2O3. The molecule has 0 radical (unpaired) electrons. The van der Waals surface area contributed by atoms with E-state index in [0.29, 0.717) is 12.2 Å². The van der Waals surface area contributed by atoms with Gasteiger partial charge in [-0.2, -0.15) is 5.10 Å². The van der Waals surface area contributed by atoms with Crippen LogP contribution >= 0.6 is 0 Å². The summed E-state index contributed by atoms with van der Waals surface area (Å²) in [6, 6.07) is 20.0. The average molecular weight is 427 g/mol. The second-order valence-corrected chi connectivity index (χ2v) is 7.53. The van der Waals surface area contributed by atoms with E-state index in [9.17, 15) is 4.79 Å². The zero-order valence-electron chi connectivity index (χ0n) is 18.5. The van der Waals surface area contributed by atoms with E-state index in [1.54, 1.807) is 19.4 Å². The van der Waals surface area contributed by atoms with Gasteiger partial charge in [-0.1, -0.05) is 42.5 Å². The van der Waals surface area contributed by atoms with Gasteiger partial charge < -0.3 is 9.47 Å². The maximum absolute atomic E-state index is 12.6. The maximum Gasteiger partial charge on any atom is 0.189 e. The molecule has 0 saturated carbocycles. The van der Waals surface area contributed by atoms with Crippen molar-refractivity contribution in [3.8, 4) is 11.5 Å². The number of benzene rings is 3. The molecule has 4 aromatic rings. The predicted octanol–water partition coefficient (Wildman–Crippen LogP) is 5.85. The second-order valence-electron chi connectivity index (χ2n) is 7.53. The number of hydrogen-bond acceptors (Lipinski definition) is 4. The fourth-order valence-electron chi connectivity index (χ4n) is 3.70. The van der Waals surface area contributed by atoms with Crippen LogP contribution in [0.25, 0.3) is 16.8 Å². The summed E-state index contributed by atoms with van der Waals surface area (Å²) >= 11 is 0. The Morgan fingerprint density at radius 1 is 1.06 bits per heavy atom. The predicted molar refractivity (Wildman–Crippen MR) is 127 cm³/mol. The maximum atomic E-state index is 12.6. The summed E-state index contributed by atoms with van der Waals surface area (Å²) in [6.07, 6.45) is 5.02. The third-order valence-corrected chi connectivity index (χ3v) is 5.52. The molecular weight excluding hydrogens is 400 g/mol. The van der Waals surface area contributed by atoms with Crippen molar-refractivity contribution in [2.75, 3.05) is 7.11 Å². The van der Waals surface area contributed by atoms with E-state index >= 15 is 0 Å². The van der Waals surface area contributed by atoms with Crippen LogP contribution in [0.1, 0.15) is 34.1 Å². The molecule has 3 aromatic carbocycles. The van der Waals surface area contributed by atoms with Crippen molar-refractivity contribution in [3.05, 3.63) is 95.3 Å². The number of ketones is 1. The van der Waals surface area contributed by atoms with Crippen LogP contribution < -0.4 is 9.47 Å². The number of methoxy groups -OCH3 is 1. The highest BCUT2D eigenvalue weighted by atomic mass is 16.5. The highest BCUT2D eigenvalue weighted by Gasteiger charge is 2.11. The molecule has 0 N–H and O–H groups in total. The number of carbonyl (C=O) groups is 1. The van der Waals surface area contributed by atoms with Gasteiger partial charge in [-0.05, 0) is 60.5 Å². The lowest BCUT2D eigenvalue weighted by molar-refractivity contribution is 0.104. The summed E-state index contributed by atoms with van der Waals surface area (Å²) in [7, 11) is 1.64. The van der Waals surface area contributed by atoms with Gasteiger partial charge in [0.05, 0.1) is 18.9 Å². The van der Waals surface area contributed by atoms with E-state index in [2.05, 4.69) is 23.3 Å². The Labute approximate surface area is 187 Å². The molecule has 0 spiro atoms. The normalized spacial score (nSPS) is 11.2. The van der Waals surface area contributed by atoms with Crippen LogP contribution in [0.5, 0.6) is 11.5 Å². The SMILES string of the molecule is CCn1ncc(C(=O)/C=C/c2ccc(OC)c(COc3ccc4ccccc4c3)c2)c1C. The monoisotopic (exact) mass is 426 g/mol. The Kier molecular flexibility index (Phi) is 6.36. The number of aryl methyl sites for hydroxylation is 1. The summed E-state index contributed by atoms with van der Waals surface area (Å²) in [5.74, 6) is 1.48. The van der Waals surface area contributed by atoms with E-state index in [1.165, 1.54) is 5.39 Å². The number of nitrogens with zero attached hydrogens (tertiary/aromatic N) is 2. The van der Waals surface area contributed by atoms with E-state index in [1.807, 2.05) is 67.1 Å². The molecule has 5 nitrogen and oxygen atoms in total. The van der Waals surface area contributed by atoms with Gasteiger partial charge in [0.25, 0.3) is 0 Å². The minimum atomic E-state index is -0.0630. The van der Waals surface area contributed by atoms with Crippen LogP contribution in [0.4, 0.5) is 0 Å². The molecule has 0 aliphatic heterocycles. The molecule has 0 aliphatic rings. The number of fused-ring (bicyclic) bond motifs is 1. The molecule has 5 heteroatoms. The van der Waals surface area contributed by atoms with E-state index in [0.717, 1.165) is 40.3 Å². The van der Waals surface area contributed by atoms with Gasteiger partial charge in [-0.25, -0.2) is 0 Å². The van der Waals surface area contributed by atoms with Gasteiger partial charge in [-0.3, -0.25) is 9.48 Å². The van der Waals surface area contributed by atoms with E-state index < -0.39 is 0 Å². The first-order valence-electron chi connectivity index (χ1n) is 10.6. The first-order valence-corrected chi connectivity index (χ1v) is 10.6. The molecule has 0 saturated heterocycles. The molecule has 4 rings (SSSR count). The van der Waals surface area contributed by atoms with Gasteiger partial charge in [-0.15, -0.1) is 0 Å². The third-order valence-electron chi connectivity index (χ3n) is 5.52. The van der Waals surface area contributed by atoms with Crippen molar-refractivity contribution in [3.63, 3.8) is 0 Å². The Morgan fingerprint density at radius 3 is 2.62 bits per heavy atom. The average Bonchev–Trinajstić information content (AvgIpc) is 3.21. The number of hydrogen-bond donors (Lipinski definition) is 0. The van der Waals surface area contributed by atoms with Crippen molar-refractivity contribution < 1.29 is 14.3 Å². The quantitative estimate of drug-likeness (QED) is 0.262. The molecule has 1 heterocycles. The lowest BCUT2D eigenvalue weighted by Gasteiger charge is -2.12. The summed E-state index contributed by atoms with van der Waals surface area (Å²) in [4.78, 5) is 12.6. The minimum absolute atomic E-state index is 0.0630. The van der Waals surface area contributed by atoms with Gasteiger partial charge in [0.2, 0.25) is 0 Å². The lowest BCUT2D eigenvalue weighted by atomic mass is 10.1. The largest absolute Gasteiger partial charge is 0.496 e. The molecule has 0 atom stereocenters. The van der Waals surface area contributed by atoms with Crippen molar-refractivity contribution >= 4 is 22.6 Å². The summed E-state index contributed by atoms with van der Waals surface area (Å²) in [5, 5.41) is 6.56. The van der Waals surface area contributed by atoms with Gasteiger partial charge in [0.1, 0.15) is 18.1 Å². The standard InChI is InChI=1S/C27H26N2O3/c1-4-29-19(2)25(17-28-29)26(30)13-9-20-10-14-27(31-3)23(15-20)18-32-24-12-11-21-7-5-6-8-22(21)16-24/h5-17H,4,18H2,1-3H3/b13-9+.